The molecule has 1 heterocycles. The highest BCUT2D eigenvalue weighted by atomic mass is 32.4. The number of ether oxygens (including phenoxy) is 2. The number of hydrogen-bond donors (Lipinski definition) is 1. The van der Waals surface area contributed by atoms with Gasteiger partial charge in [-0.1, -0.05) is 0 Å². The Hall–Kier alpha value is -0.450. The van der Waals surface area contributed by atoms with E-state index in [2.05, 4.69) is 0 Å². The first kappa shape index (κ1) is 13.0. The Morgan fingerprint density at radius 1 is 1.29 bits per heavy atom. The van der Waals surface area contributed by atoms with E-state index < -0.39 is 6.42 Å². The fourth-order valence-corrected chi connectivity index (χ4v) is 4.19. The second-order valence-electron chi connectivity index (χ2n) is 3.81. The molecule has 1 aromatic carbocycles. The minimum absolute atomic E-state index is 0.634. The predicted octanol–water partition coefficient (Wildman–Crippen LogP) is 0.954. The van der Waals surface area contributed by atoms with Crippen LogP contribution in [0.1, 0.15) is 0 Å². The molecule has 1 aromatic rings. The second kappa shape index (κ2) is 5.46. The molecule has 1 aliphatic rings. The monoisotopic (exact) mass is 273 g/mol. The molecule has 4 nitrogen and oxygen atoms in total. The fourth-order valence-electron chi connectivity index (χ4n) is 1.76. The molecule has 1 unspecified atom stereocenters. The molecule has 6 heteroatoms. The standard InChI is InChI=1S/C11H16NO3PS/c1-14-10-2-4-11(5-3-10)16(13,17)12-6-8-15-9-7-12/h2-5H,6-9H2,1H3,(H,13,17). The summed E-state index contributed by atoms with van der Waals surface area (Å²) in [6.07, 6.45) is -2.62. The summed E-state index contributed by atoms with van der Waals surface area (Å²) >= 11 is 5.41. The molecule has 1 fully saturated rings. The summed E-state index contributed by atoms with van der Waals surface area (Å²) in [7, 11) is 1.62. The van der Waals surface area contributed by atoms with Crippen LogP contribution in [0.4, 0.5) is 0 Å². The van der Waals surface area contributed by atoms with Crippen molar-refractivity contribution in [3.63, 3.8) is 0 Å². The molecular weight excluding hydrogens is 257 g/mol. The van der Waals surface area contributed by atoms with Crippen molar-refractivity contribution in [3.05, 3.63) is 24.3 Å². The third kappa shape index (κ3) is 2.87. The van der Waals surface area contributed by atoms with Crippen LogP contribution >= 0.6 is 6.42 Å². The minimum atomic E-state index is -2.62. The molecule has 0 amide bonds. The molecule has 1 aliphatic heterocycles. The molecule has 0 aliphatic carbocycles. The van der Waals surface area contributed by atoms with Crippen molar-refractivity contribution < 1.29 is 14.4 Å². The van der Waals surface area contributed by atoms with E-state index >= 15 is 0 Å². The lowest BCUT2D eigenvalue weighted by atomic mass is 10.3. The van der Waals surface area contributed by atoms with E-state index in [9.17, 15) is 4.89 Å². The van der Waals surface area contributed by atoms with Crippen molar-refractivity contribution in [1.29, 1.82) is 0 Å². The van der Waals surface area contributed by atoms with Crippen molar-refractivity contribution in [2.75, 3.05) is 33.4 Å². The van der Waals surface area contributed by atoms with Gasteiger partial charge in [0, 0.05) is 18.4 Å². The fraction of sp³-hybridized carbons (Fsp3) is 0.455. The number of nitrogens with zero attached hydrogens (tertiary/aromatic N) is 1. The molecule has 0 saturated carbocycles. The van der Waals surface area contributed by atoms with Gasteiger partial charge in [0.1, 0.15) is 5.75 Å². The topological polar surface area (TPSA) is 41.9 Å². The average Bonchev–Trinajstić information content (AvgIpc) is 2.40. The van der Waals surface area contributed by atoms with Crippen LogP contribution in [-0.2, 0) is 16.5 Å². The van der Waals surface area contributed by atoms with E-state index in [0.717, 1.165) is 11.1 Å². The van der Waals surface area contributed by atoms with Crippen LogP contribution in [0.3, 0.4) is 0 Å². The third-order valence-corrected chi connectivity index (χ3v) is 6.24. The maximum absolute atomic E-state index is 10.5. The lowest BCUT2D eigenvalue weighted by molar-refractivity contribution is 0.0721. The lowest BCUT2D eigenvalue weighted by Gasteiger charge is -2.33. The van der Waals surface area contributed by atoms with Crippen LogP contribution in [0.25, 0.3) is 0 Å². The van der Waals surface area contributed by atoms with Crippen LogP contribution in [0.2, 0.25) is 0 Å². The Labute approximate surface area is 106 Å². The average molecular weight is 273 g/mol. The van der Waals surface area contributed by atoms with Crippen molar-refractivity contribution >= 4 is 23.5 Å². The Morgan fingerprint density at radius 3 is 2.41 bits per heavy atom. The molecule has 2 rings (SSSR count). The number of methoxy groups -OCH3 is 1. The zero-order valence-electron chi connectivity index (χ0n) is 9.70. The van der Waals surface area contributed by atoms with Gasteiger partial charge in [-0.05, 0) is 36.1 Å². The first-order chi connectivity index (χ1) is 8.14. The van der Waals surface area contributed by atoms with E-state index in [-0.39, 0.29) is 0 Å². The van der Waals surface area contributed by atoms with Gasteiger partial charge in [-0.15, -0.1) is 0 Å². The zero-order chi connectivity index (χ0) is 12.3. The normalized spacial score (nSPS) is 20.8. The Bertz CT molecular complexity index is 417. The zero-order valence-corrected chi connectivity index (χ0v) is 11.4. The Kier molecular flexibility index (Phi) is 4.17. The quantitative estimate of drug-likeness (QED) is 0.831. The van der Waals surface area contributed by atoms with E-state index in [1.54, 1.807) is 7.11 Å². The highest BCUT2D eigenvalue weighted by Crippen LogP contribution is 2.44. The van der Waals surface area contributed by atoms with Crippen molar-refractivity contribution in [2.24, 2.45) is 0 Å². The number of benzene rings is 1. The van der Waals surface area contributed by atoms with Gasteiger partial charge >= 0.3 is 0 Å². The highest BCUT2D eigenvalue weighted by molar-refractivity contribution is 8.14. The van der Waals surface area contributed by atoms with Gasteiger partial charge in [-0.25, -0.2) is 4.67 Å². The molecule has 1 atom stereocenters. The van der Waals surface area contributed by atoms with Crippen molar-refractivity contribution in [1.82, 2.24) is 4.67 Å². The van der Waals surface area contributed by atoms with Crippen LogP contribution in [0.5, 0.6) is 5.75 Å². The van der Waals surface area contributed by atoms with Crippen LogP contribution in [0, 0.1) is 0 Å². The first-order valence-electron chi connectivity index (χ1n) is 5.45. The molecule has 1 saturated heterocycles. The van der Waals surface area contributed by atoms with Crippen molar-refractivity contribution in [3.8, 4) is 5.75 Å². The summed E-state index contributed by atoms with van der Waals surface area (Å²) in [5, 5.41) is 0.801. The molecule has 17 heavy (non-hydrogen) atoms. The largest absolute Gasteiger partial charge is 0.497 e. The van der Waals surface area contributed by atoms with Gasteiger partial charge in [-0.3, -0.25) is 0 Å². The first-order valence-corrected chi connectivity index (χ1v) is 8.16. The third-order valence-electron chi connectivity index (χ3n) is 2.78. The summed E-state index contributed by atoms with van der Waals surface area (Å²) in [4.78, 5) is 10.5. The van der Waals surface area contributed by atoms with Gasteiger partial charge in [0.15, 0.2) is 6.42 Å². The number of morpholine rings is 1. The smallest absolute Gasteiger partial charge is 0.159 e. The Morgan fingerprint density at radius 2 is 1.88 bits per heavy atom. The van der Waals surface area contributed by atoms with Gasteiger partial charge in [0.2, 0.25) is 0 Å². The van der Waals surface area contributed by atoms with E-state index in [1.807, 2.05) is 28.9 Å². The summed E-state index contributed by atoms with van der Waals surface area (Å²) in [5.41, 5.74) is 0. The number of hydrogen-bond acceptors (Lipinski definition) is 3. The number of rotatable bonds is 3. The summed E-state index contributed by atoms with van der Waals surface area (Å²) in [5.74, 6) is 0.769. The molecule has 1 N–H and O–H groups in total. The minimum Gasteiger partial charge on any atom is -0.497 e. The van der Waals surface area contributed by atoms with Crippen LogP contribution < -0.4 is 10.0 Å². The predicted molar refractivity (Wildman–Crippen MR) is 71.5 cm³/mol. The highest BCUT2D eigenvalue weighted by Gasteiger charge is 2.26. The van der Waals surface area contributed by atoms with Gasteiger partial charge in [0.05, 0.1) is 20.3 Å². The SMILES string of the molecule is COc1ccc(P(O)(=S)N2CCOCC2)cc1. The molecule has 0 radical (unpaired) electrons. The summed E-state index contributed by atoms with van der Waals surface area (Å²) in [6.45, 7) is 2.66. The van der Waals surface area contributed by atoms with Gasteiger partial charge < -0.3 is 14.4 Å². The molecular formula is C11H16NO3PS. The van der Waals surface area contributed by atoms with Crippen LogP contribution in [0.15, 0.2) is 24.3 Å². The molecule has 0 bridgehead atoms. The second-order valence-corrected chi connectivity index (χ2v) is 7.51. The molecule has 0 aromatic heterocycles. The molecule has 94 valence electrons. The summed E-state index contributed by atoms with van der Waals surface area (Å²) < 4.78 is 12.3. The van der Waals surface area contributed by atoms with Gasteiger partial charge in [-0.2, -0.15) is 0 Å². The maximum Gasteiger partial charge on any atom is 0.159 e. The van der Waals surface area contributed by atoms with Crippen molar-refractivity contribution in [2.45, 2.75) is 0 Å². The molecule has 0 spiro atoms. The van der Waals surface area contributed by atoms with E-state index in [0.29, 0.717) is 26.3 Å². The Balaban J connectivity index is 2.20. The summed E-state index contributed by atoms with van der Waals surface area (Å²) in [6, 6.07) is 7.34. The van der Waals surface area contributed by atoms with E-state index in [4.69, 9.17) is 21.3 Å². The van der Waals surface area contributed by atoms with Crippen LogP contribution in [-0.4, -0.2) is 43.0 Å². The van der Waals surface area contributed by atoms with E-state index in [1.165, 1.54) is 0 Å². The maximum atomic E-state index is 10.5. The van der Waals surface area contributed by atoms with Gasteiger partial charge in [0.25, 0.3) is 0 Å². The lowest BCUT2D eigenvalue weighted by Crippen LogP contribution is -2.36.